The molecule has 0 radical (unpaired) electrons. The van der Waals surface area contributed by atoms with Crippen LogP contribution in [0.2, 0.25) is 0 Å². The first kappa shape index (κ1) is 22.7. The van der Waals surface area contributed by atoms with Gasteiger partial charge < -0.3 is 10.2 Å². The van der Waals surface area contributed by atoms with Gasteiger partial charge in [-0.15, -0.1) is 0 Å². The van der Waals surface area contributed by atoms with E-state index < -0.39 is 5.41 Å². The number of piperidine rings is 1. The summed E-state index contributed by atoms with van der Waals surface area (Å²) < 4.78 is 0. The lowest BCUT2D eigenvalue weighted by atomic mass is 9.72. The summed E-state index contributed by atoms with van der Waals surface area (Å²) in [7, 11) is 0. The van der Waals surface area contributed by atoms with Crippen LogP contribution in [0, 0.1) is 12.3 Å². The highest BCUT2D eigenvalue weighted by molar-refractivity contribution is 5.94. The standard InChI is InChI=1S/C28H31N3O2/c1-3-30-27(33)28(13-16-31(17-14-28)26(32)24-11-7-15-29-20-24)19-22-9-6-10-23(18-22)25-12-5-4-8-21(25)2/h4-12,15,18,20H,3,13-14,16-17,19H2,1-2H3,(H,30,33). The number of aryl methyl sites for hydroxylation is 1. The van der Waals surface area contributed by atoms with Crippen LogP contribution in [0.4, 0.5) is 0 Å². The van der Waals surface area contributed by atoms with E-state index in [0.29, 0.717) is 44.5 Å². The van der Waals surface area contributed by atoms with Crippen LogP contribution in [0.3, 0.4) is 0 Å². The summed E-state index contributed by atoms with van der Waals surface area (Å²) in [5, 5.41) is 3.06. The molecule has 0 spiro atoms. The Morgan fingerprint density at radius 1 is 1.03 bits per heavy atom. The average Bonchev–Trinajstić information content (AvgIpc) is 2.85. The summed E-state index contributed by atoms with van der Waals surface area (Å²) in [4.78, 5) is 32.0. The number of benzene rings is 2. The number of rotatable bonds is 6. The smallest absolute Gasteiger partial charge is 0.255 e. The molecule has 1 saturated heterocycles. The third-order valence-corrected chi connectivity index (χ3v) is 6.66. The Morgan fingerprint density at radius 3 is 2.52 bits per heavy atom. The van der Waals surface area contributed by atoms with E-state index in [2.05, 4.69) is 59.7 Å². The maximum Gasteiger partial charge on any atom is 0.255 e. The molecule has 1 aliphatic rings. The Bertz CT molecular complexity index is 1120. The van der Waals surface area contributed by atoms with Gasteiger partial charge >= 0.3 is 0 Å². The Balaban J connectivity index is 1.55. The van der Waals surface area contributed by atoms with Crippen molar-refractivity contribution < 1.29 is 9.59 Å². The van der Waals surface area contributed by atoms with Crippen LogP contribution in [-0.2, 0) is 11.2 Å². The lowest BCUT2D eigenvalue weighted by Gasteiger charge is -2.41. The normalized spacial score (nSPS) is 15.2. The molecular formula is C28H31N3O2. The molecule has 170 valence electrons. The molecule has 5 nitrogen and oxygen atoms in total. The molecule has 1 N–H and O–H groups in total. The van der Waals surface area contributed by atoms with E-state index >= 15 is 0 Å². The highest BCUT2D eigenvalue weighted by Crippen LogP contribution is 2.37. The van der Waals surface area contributed by atoms with E-state index in [1.54, 1.807) is 24.5 Å². The summed E-state index contributed by atoms with van der Waals surface area (Å²) in [6.07, 6.45) is 5.20. The summed E-state index contributed by atoms with van der Waals surface area (Å²) in [5.41, 5.74) is 4.83. The third kappa shape index (κ3) is 4.98. The number of nitrogens with one attached hydrogen (secondary N) is 1. The second-order valence-electron chi connectivity index (χ2n) is 8.87. The fourth-order valence-electron chi connectivity index (χ4n) is 4.78. The molecule has 0 aliphatic carbocycles. The van der Waals surface area contributed by atoms with Crippen LogP contribution in [-0.4, -0.2) is 41.3 Å². The van der Waals surface area contributed by atoms with E-state index in [4.69, 9.17) is 0 Å². The van der Waals surface area contributed by atoms with Gasteiger partial charge in [0, 0.05) is 32.0 Å². The first-order chi connectivity index (χ1) is 16.0. The van der Waals surface area contributed by atoms with Gasteiger partial charge in [-0.1, -0.05) is 48.5 Å². The van der Waals surface area contributed by atoms with Crippen LogP contribution in [0.1, 0.15) is 41.3 Å². The van der Waals surface area contributed by atoms with Gasteiger partial charge in [-0.2, -0.15) is 0 Å². The second kappa shape index (κ2) is 9.99. The molecule has 1 aliphatic heterocycles. The molecule has 0 unspecified atom stereocenters. The van der Waals surface area contributed by atoms with Crippen molar-refractivity contribution in [1.82, 2.24) is 15.2 Å². The predicted octanol–water partition coefficient (Wildman–Crippen LogP) is 4.66. The topological polar surface area (TPSA) is 62.3 Å². The fourth-order valence-corrected chi connectivity index (χ4v) is 4.78. The minimum atomic E-state index is -0.522. The van der Waals surface area contributed by atoms with Crippen molar-refractivity contribution in [3.63, 3.8) is 0 Å². The molecule has 0 saturated carbocycles. The van der Waals surface area contributed by atoms with Gasteiger partial charge in [0.25, 0.3) is 5.91 Å². The van der Waals surface area contributed by atoms with Crippen molar-refractivity contribution in [1.29, 1.82) is 0 Å². The minimum Gasteiger partial charge on any atom is -0.356 e. The summed E-state index contributed by atoms with van der Waals surface area (Å²) >= 11 is 0. The van der Waals surface area contributed by atoms with Gasteiger partial charge in [0.2, 0.25) is 5.91 Å². The van der Waals surface area contributed by atoms with Crippen molar-refractivity contribution in [2.75, 3.05) is 19.6 Å². The van der Waals surface area contributed by atoms with Gasteiger partial charge in [0.05, 0.1) is 11.0 Å². The van der Waals surface area contributed by atoms with E-state index in [1.807, 2.05) is 17.9 Å². The minimum absolute atomic E-state index is 0.0193. The Kier molecular flexibility index (Phi) is 6.87. The Hall–Kier alpha value is -3.47. The summed E-state index contributed by atoms with van der Waals surface area (Å²) in [6, 6.07) is 20.4. The zero-order valence-corrected chi connectivity index (χ0v) is 19.4. The van der Waals surface area contributed by atoms with E-state index in [0.717, 1.165) is 5.56 Å². The third-order valence-electron chi connectivity index (χ3n) is 6.66. The van der Waals surface area contributed by atoms with Crippen molar-refractivity contribution in [3.05, 3.63) is 89.7 Å². The van der Waals surface area contributed by atoms with Crippen LogP contribution in [0.5, 0.6) is 0 Å². The van der Waals surface area contributed by atoms with Crippen LogP contribution in [0.15, 0.2) is 73.1 Å². The number of hydrogen-bond donors (Lipinski definition) is 1. The fraction of sp³-hybridized carbons (Fsp3) is 0.321. The number of carbonyl (C=O) groups excluding carboxylic acids is 2. The first-order valence-corrected chi connectivity index (χ1v) is 11.6. The molecule has 0 bridgehead atoms. The molecule has 3 aromatic rings. The van der Waals surface area contributed by atoms with Gasteiger partial charge in [0.15, 0.2) is 0 Å². The maximum atomic E-state index is 13.3. The largest absolute Gasteiger partial charge is 0.356 e. The highest BCUT2D eigenvalue weighted by Gasteiger charge is 2.42. The lowest BCUT2D eigenvalue weighted by Crippen LogP contribution is -2.51. The van der Waals surface area contributed by atoms with Gasteiger partial charge in [0.1, 0.15) is 0 Å². The number of pyridine rings is 1. The number of hydrogen-bond acceptors (Lipinski definition) is 3. The molecule has 0 atom stereocenters. The SMILES string of the molecule is CCNC(=O)C1(Cc2cccc(-c3ccccc3C)c2)CCN(C(=O)c2cccnc2)CC1. The molecular weight excluding hydrogens is 410 g/mol. The Labute approximate surface area is 195 Å². The number of carbonyl (C=O) groups is 2. The molecule has 2 heterocycles. The number of nitrogens with zero attached hydrogens (tertiary/aromatic N) is 2. The molecule has 33 heavy (non-hydrogen) atoms. The van der Waals surface area contributed by atoms with E-state index in [1.165, 1.54) is 16.7 Å². The van der Waals surface area contributed by atoms with E-state index in [9.17, 15) is 9.59 Å². The number of likely N-dealkylation sites (tertiary alicyclic amines) is 1. The first-order valence-electron chi connectivity index (χ1n) is 11.6. The second-order valence-corrected chi connectivity index (χ2v) is 8.87. The van der Waals surface area contributed by atoms with Gasteiger partial charge in [-0.3, -0.25) is 14.6 Å². The monoisotopic (exact) mass is 441 g/mol. The molecule has 2 amide bonds. The highest BCUT2D eigenvalue weighted by atomic mass is 16.2. The quantitative estimate of drug-likeness (QED) is 0.605. The molecule has 5 heteroatoms. The van der Waals surface area contributed by atoms with Gasteiger partial charge in [-0.05, 0) is 67.5 Å². The zero-order valence-electron chi connectivity index (χ0n) is 19.4. The Morgan fingerprint density at radius 2 is 1.82 bits per heavy atom. The van der Waals surface area contributed by atoms with Crippen LogP contribution >= 0.6 is 0 Å². The summed E-state index contributed by atoms with van der Waals surface area (Å²) in [5.74, 6) is 0.0638. The number of aromatic nitrogens is 1. The van der Waals surface area contributed by atoms with Gasteiger partial charge in [-0.25, -0.2) is 0 Å². The van der Waals surface area contributed by atoms with Crippen molar-refractivity contribution in [2.24, 2.45) is 5.41 Å². The van der Waals surface area contributed by atoms with E-state index in [-0.39, 0.29) is 11.8 Å². The number of amides is 2. The molecule has 1 aromatic heterocycles. The van der Waals surface area contributed by atoms with Crippen molar-refractivity contribution in [2.45, 2.75) is 33.1 Å². The lowest BCUT2D eigenvalue weighted by molar-refractivity contribution is -0.133. The van der Waals surface area contributed by atoms with Crippen LogP contribution in [0.25, 0.3) is 11.1 Å². The maximum absolute atomic E-state index is 13.3. The summed E-state index contributed by atoms with van der Waals surface area (Å²) in [6.45, 7) is 5.78. The predicted molar refractivity (Wildman–Crippen MR) is 131 cm³/mol. The molecule has 2 aromatic carbocycles. The molecule has 4 rings (SSSR count). The molecule has 1 fully saturated rings. The zero-order chi connectivity index (χ0) is 23.3. The average molecular weight is 442 g/mol. The van der Waals surface area contributed by atoms with Crippen molar-refractivity contribution >= 4 is 11.8 Å². The van der Waals surface area contributed by atoms with Crippen molar-refractivity contribution in [3.8, 4) is 11.1 Å². The van der Waals surface area contributed by atoms with Crippen LogP contribution < -0.4 is 5.32 Å².